The number of benzene rings is 2. The zero-order valence-corrected chi connectivity index (χ0v) is 31.0. The van der Waals surface area contributed by atoms with E-state index in [9.17, 15) is 0 Å². The minimum atomic E-state index is 0.175. The van der Waals surface area contributed by atoms with Gasteiger partial charge in [-0.1, -0.05) is 49.5 Å². The molecule has 2 aromatic carbocycles. The Labute approximate surface area is 311 Å². The van der Waals surface area contributed by atoms with Gasteiger partial charge in [0.25, 0.3) is 0 Å². The van der Waals surface area contributed by atoms with Crippen LogP contribution in [-0.2, 0) is 7.05 Å². The molecule has 4 unspecified atom stereocenters. The van der Waals surface area contributed by atoms with Crippen LogP contribution in [0.25, 0.3) is 17.0 Å². The van der Waals surface area contributed by atoms with Gasteiger partial charge < -0.3 is 25.8 Å². The van der Waals surface area contributed by atoms with Crippen LogP contribution in [0.2, 0.25) is 5.02 Å². The van der Waals surface area contributed by atoms with E-state index in [2.05, 4.69) is 109 Å². The predicted octanol–water partition coefficient (Wildman–Crippen LogP) is 9.28. The standard InChI is InChI=1S/C42H48ClN9/c1-7-8-10-28-19-30-20-33(16-18-38(30)50(5)27(28)4)47-41-36(43)22-44-42(48-41)52-23-29-14-15-32(21-31(29)24-52)46-37-12-9-11-35-39(49-51(6)40(35)37)34-17-13-25(2)45-26(34)3/h7,9,11-12,16,18-20,22,29,31-32,34,45-46H,1-4,8,10,13-15,17,21,23-24H2,5-6H3,(H,44,47,48). The zero-order valence-electron chi connectivity index (χ0n) is 30.3. The molecule has 0 radical (unpaired) electrons. The minimum absolute atomic E-state index is 0.175. The first kappa shape index (κ1) is 34.1. The van der Waals surface area contributed by atoms with Gasteiger partial charge in [-0.3, -0.25) is 4.68 Å². The topological polar surface area (TPSA) is 86.2 Å². The summed E-state index contributed by atoms with van der Waals surface area (Å²) < 4.78 is 2.04. The van der Waals surface area contributed by atoms with E-state index in [0.717, 1.165) is 108 Å². The zero-order chi connectivity index (χ0) is 36.1. The number of hydrogen-bond acceptors (Lipinski definition) is 8. The van der Waals surface area contributed by atoms with Crippen LogP contribution in [0.4, 0.5) is 28.8 Å². The van der Waals surface area contributed by atoms with Gasteiger partial charge in [0.1, 0.15) is 5.02 Å². The maximum absolute atomic E-state index is 6.68. The highest BCUT2D eigenvalue weighted by atomic mass is 35.5. The second-order valence-corrected chi connectivity index (χ2v) is 15.3. The minimum Gasteiger partial charge on any atom is -0.381 e. The van der Waals surface area contributed by atoms with Gasteiger partial charge in [0.2, 0.25) is 5.95 Å². The summed E-state index contributed by atoms with van der Waals surface area (Å²) in [7, 11) is 4.12. The highest BCUT2D eigenvalue weighted by molar-refractivity contribution is 6.32. The van der Waals surface area contributed by atoms with Crippen molar-refractivity contribution < 1.29 is 0 Å². The highest BCUT2D eigenvalue weighted by Gasteiger charge is 2.39. The Kier molecular flexibility index (Phi) is 9.07. The first-order valence-electron chi connectivity index (χ1n) is 18.5. The number of rotatable bonds is 9. The number of nitrogens with zero attached hydrogens (tertiary/aromatic N) is 6. The smallest absolute Gasteiger partial charge is 0.227 e. The van der Waals surface area contributed by atoms with Crippen molar-refractivity contribution in [2.45, 2.75) is 56.9 Å². The predicted molar refractivity (Wildman–Crippen MR) is 216 cm³/mol. The number of hydrogen-bond donors (Lipinski definition) is 3. The van der Waals surface area contributed by atoms with Crippen molar-refractivity contribution in [1.82, 2.24) is 25.1 Å². The Hall–Kier alpha value is -5.02. The molecule has 4 aromatic rings. The molecule has 10 heteroatoms. The summed E-state index contributed by atoms with van der Waals surface area (Å²) in [5.74, 6) is 2.69. The normalized spacial score (nSPS) is 22.9. The number of aryl methyl sites for hydroxylation is 1. The Morgan fingerprint density at radius 2 is 1.90 bits per heavy atom. The fourth-order valence-electron chi connectivity index (χ4n) is 8.75. The van der Waals surface area contributed by atoms with Crippen LogP contribution in [0.5, 0.6) is 0 Å². The quantitative estimate of drug-likeness (QED) is 0.148. The van der Waals surface area contributed by atoms with Gasteiger partial charge in [0, 0.05) is 78.6 Å². The van der Waals surface area contributed by atoms with Crippen LogP contribution >= 0.6 is 11.6 Å². The maximum Gasteiger partial charge on any atom is 0.227 e. The third-order valence-electron chi connectivity index (χ3n) is 11.5. The van der Waals surface area contributed by atoms with Crippen LogP contribution in [0.3, 0.4) is 0 Å². The lowest BCUT2D eigenvalue weighted by Crippen LogP contribution is -2.32. The van der Waals surface area contributed by atoms with Crippen molar-refractivity contribution in [3.8, 4) is 0 Å². The Morgan fingerprint density at radius 1 is 1.06 bits per heavy atom. The molecule has 0 spiro atoms. The largest absolute Gasteiger partial charge is 0.381 e. The molecule has 0 bridgehead atoms. The molecular formula is C42H48ClN9. The van der Waals surface area contributed by atoms with Crippen molar-refractivity contribution in [1.29, 1.82) is 0 Å². The molecule has 1 aliphatic carbocycles. The van der Waals surface area contributed by atoms with Gasteiger partial charge in [0.05, 0.1) is 23.1 Å². The van der Waals surface area contributed by atoms with E-state index >= 15 is 0 Å². The molecule has 52 heavy (non-hydrogen) atoms. The third-order valence-corrected chi connectivity index (χ3v) is 11.8. The van der Waals surface area contributed by atoms with Gasteiger partial charge >= 0.3 is 0 Å². The van der Waals surface area contributed by atoms with Crippen molar-refractivity contribution in [2.75, 3.05) is 40.6 Å². The molecule has 3 N–H and O–H groups in total. The lowest BCUT2D eigenvalue weighted by molar-refractivity contribution is 0.281. The van der Waals surface area contributed by atoms with E-state index in [-0.39, 0.29) is 5.92 Å². The van der Waals surface area contributed by atoms with E-state index in [0.29, 0.717) is 28.7 Å². The fraction of sp³-hybridized carbons (Fsp3) is 0.357. The number of piperidine rings is 1. The first-order valence-corrected chi connectivity index (χ1v) is 18.8. The van der Waals surface area contributed by atoms with Gasteiger partial charge in [-0.15, -0.1) is 6.58 Å². The van der Waals surface area contributed by atoms with Gasteiger partial charge in [-0.05, 0) is 92.7 Å². The van der Waals surface area contributed by atoms with E-state index in [1.165, 1.54) is 17.4 Å². The molecule has 4 aliphatic rings. The van der Waals surface area contributed by atoms with E-state index in [4.69, 9.17) is 26.7 Å². The van der Waals surface area contributed by atoms with Gasteiger partial charge in [-0.2, -0.15) is 10.1 Å². The lowest BCUT2D eigenvalue weighted by Gasteiger charge is -2.32. The number of halogens is 1. The van der Waals surface area contributed by atoms with Crippen molar-refractivity contribution in [2.24, 2.45) is 18.9 Å². The molecule has 9 nitrogen and oxygen atoms in total. The summed E-state index contributed by atoms with van der Waals surface area (Å²) in [6, 6.07) is 13.3. The van der Waals surface area contributed by atoms with Crippen LogP contribution in [0, 0.1) is 11.8 Å². The van der Waals surface area contributed by atoms with E-state index in [1.807, 2.05) is 10.8 Å². The second-order valence-electron chi connectivity index (χ2n) is 14.9. The molecule has 2 saturated heterocycles. The van der Waals surface area contributed by atoms with E-state index in [1.54, 1.807) is 6.20 Å². The highest BCUT2D eigenvalue weighted by Crippen LogP contribution is 2.42. The molecule has 5 heterocycles. The third kappa shape index (κ3) is 6.36. The van der Waals surface area contributed by atoms with Crippen LogP contribution in [0.1, 0.15) is 62.1 Å². The second kappa shape index (κ2) is 13.8. The van der Waals surface area contributed by atoms with Crippen molar-refractivity contribution in [3.05, 3.63) is 114 Å². The molecule has 8 rings (SSSR count). The summed E-state index contributed by atoms with van der Waals surface area (Å²) in [4.78, 5) is 14.2. The summed E-state index contributed by atoms with van der Waals surface area (Å²) in [6.45, 7) is 18.5. The summed E-state index contributed by atoms with van der Waals surface area (Å²) in [5, 5.41) is 17.5. The summed E-state index contributed by atoms with van der Waals surface area (Å²) in [5.41, 5.74) is 10.8. The molecule has 2 aromatic heterocycles. The first-order chi connectivity index (χ1) is 25.2. The van der Waals surface area contributed by atoms with Crippen molar-refractivity contribution in [3.63, 3.8) is 0 Å². The van der Waals surface area contributed by atoms with Gasteiger partial charge in [0.15, 0.2) is 5.82 Å². The van der Waals surface area contributed by atoms with E-state index < -0.39 is 0 Å². The number of likely N-dealkylation sites (N-methyl/N-ethyl adjacent to an activating group) is 1. The van der Waals surface area contributed by atoms with Crippen molar-refractivity contribution >= 4 is 57.4 Å². The molecule has 1 saturated carbocycles. The Morgan fingerprint density at radius 3 is 2.73 bits per heavy atom. The Bertz CT molecular complexity index is 2130. The molecular weight excluding hydrogens is 666 g/mol. The monoisotopic (exact) mass is 713 g/mol. The summed E-state index contributed by atoms with van der Waals surface area (Å²) in [6.07, 6.45) is 13.0. The average molecular weight is 714 g/mol. The Balaban J connectivity index is 0.952. The number of nitrogens with one attached hydrogen (secondary N) is 3. The number of para-hydroxylation sites is 1. The molecule has 268 valence electrons. The fourth-order valence-corrected chi connectivity index (χ4v) is 8.89. The number of aromatic nitrogens is 4. The van der Waals surface area contributed by atoms with Crippen LogP contribution < -0.4 is 25.8 Å². The summed E-state index contributed by atoms with van der Waals surface area (Å²) >= 11 is 6.68. The molecule has 3 aliphatic heterocycles. The van der Waals surface area contributed by atoms with Crippen LogP contribution in [-0.4, -0.2) is 45.9 Å². The maximum atomic E-state index is 6.68. The number of anilines is 5. The number of fused-ring (bicyclic) bond motifs is 3. The number of allylic oxidation sites excluding steroid dienone is 4. The molecule has 3 fully saturated rings. The molecule has 0 amide bonds. The molecule has 4 atom stereocenters. The van der Waals surface area contributed by atoms with Gasteiger partial charge in [-0.25, -0.2) is 4.98 Å². The average Bonchev–Trinajstić information content (AvgIpc) is 3.71. The lowest BCUT2D eigenvalue weighted by atomic mass is 9.79. The van der Waals surface area contributed by atoms with Crippen LogP contribution in [0.15, 0.2) is 97.7 Å². The SMILES string of the molecule is C=CCCC1=Cc2cc(Nc3nc(N4CC5CCC(Nc6cccc7c(C8CCC(=C)NC8=C)nn(C)c67)CC5C4)ncc3Cl)ccc2N(C)C1=C.